The van der Waals surface area contributed by atoms with Crippen molar-refractivity contribution >= 4 is 29.0 Å². The van der Waals surface area contributed by atoms with E-state index in [1.165, 1.54) is 19.2 Å². The van der Waals surface area contributed by atoms with Gasteiger partial charge in [-0.2, -0.15) is 0 Å². The van der Waals surface area contributed by atoms with Crippen molar-refractivity contribution < 1.29 is 23.5 Å². The summed E-state index contributed by atoms with van der Waals surface area (Å²) in [7, 11) is 3.07. The molecule has 0 saturated carbocycles. The highest BCUT2D eigenvalue weighted by Crippen LogP contribution is 2.35. The number of amides is 2. The van der Waals surface area contributed by atoms with Gasteiger partial charge >= 0.3 is 0 Å². The van der Waals surface area contributed by atoms with Gasteiger partial charge in [-0.05, 0) is 47.7 Å². The maximum absolute atomic E-state index is 13.0. The second-order valence-electron chi connectivity index (χ2n) is 5.50. The summed E-state index contributed by atoms with van der Waals surface area (Å²) >= 11 is 0.866. The fraction of sp³-hybridized carbons (Fsp3) is 0.158. The maximum atomic E-state index is 13.0. The summed E-state index contributed by atoms with van der Waals surface area (Å²) < 4.78 is 23.5. The van der Waals surface area contributed by atoms with Crippen molar-refractivity contribution in [3.8, 4) is 11.5 Å². The minimum Gasteiger partial charge on any atom is -0.497 e. The molecule has 2 aromatic carbocycles. The van der Waals surface area contributed by atoms with Crippen molar-refractivity contribution in [3.63, 3.8) is 0 Å². The maximum Gasteiger partial charge on any atom is 0.293 e. The lowest BCUT2D eigenvalue weighted by Crippen LogP contribution is -2.27. The Morgan fingerprint density at radius 1 is 1.08 bits per heavy atom. The first kappa shape index (κ1) is 18.0. The predicted molar refractivity (Wildman–Crippen MR) is 97.5 cm³/mol. The Labute approximate surface area is 154 Å². The quantitative estimate of drug-likeness (QED) is 0.739. The van der Waals surface area contributed by atoms with Gasteiger partial charge in [0.15, 0.2) is 0 Å². The number of thioether (sulfide) groups is 1. The predicted octanol–water partition coefficient (Wildman–Crippen LogP) is 4.08. The molecular weight excluding hydrogens is 357 g/mol. The molecule has 2 amide bonds. The van der Waals surface area contributed by atoms with E-state index < -0.39 is 0 Å². The molecule has 134 valence electrons. The third-order valence-corrected chi connectivity index (χ3v) is 4.76. The lowest BCUT2D eigenvalue weighted by molar-refractivity contribution is -0.123. The zero-order valence-electron chi connectivity index (χ0n) is 14.2. The fourth-order valence-electron chi connectivity index (χ4n) is 2.49. The molecule has 0 aliphatic carbocycles. The van der Waals surface area contributed by atoms with Crippen molar-refractivity contribution in [1.82, 2.24) is 4.90 Å². The first-order valence-electron chi connectivity index (χ1n) is 7.73. The number of hydrogen-bond donors (Lipinski definition) is 0. The minimum absolute atomic E-state index is 0.0992. The van der Waals surface area contributed by atoms with Crippen LogP contribution in [-0.2, 0) is 11.3 Å². The molecular formula is C19H16FNO4S. The van der Waals surface area contributed by atoms with Crippen molar-refractivity contribution in [3.05, 3.63) is 64.3 Å². The normalized spacial score (nSPS) is 15.7. The Morgan fingerprint density at radius 3 is 2.46 bits per heavy atom. The van der Waals surface area contributed by atoms with E-state index in [0.717, 1.165) is 16.7 Å². The van der Waals surface area contributed by atoms with Crippen LogP contribution in [0, 0.1) is 5.82 Å². The second-order valence-corrected chi connectivity index (χ2v) is 6.50. The first-order chi connectivity index (χ1) is 12.5. The number of halogens is 1. The molecule has 0 radical (unpaired) electrons. The lowest BCUT2D eigenvalue weighted by atomic mass is 10.1. The SMILES string of the molecule is COc1ccc(/C=C2\SC(=O)N(Cc3ccc(F)cc3)C2=O)c(OC)c1. The molecule has 1 aliphatic rings. The molecule has 3 rings (SSSR count). The van der Waals surface area contributed by atoms with Crippen LogP contribution in [-0.4, -0.2) is 30.3 Å². The Balaban J connectivity index is 1.84. The third-order valence-electron chi connectivity index (χ3n) is 3.85. The average Bonchev–Trinajstić information content (AvgIpc) is 2.91. The number of carbonyl (C=O) groups is 2. The summed E-state index contributed by atoms with van der Waals surface area (Å²) in [6.07, 6.45) is 1.62. The lowest BCUT2D eigenvalue weighted by Gasteiger charge is -2.12. The van der Waals surface area contributed by atoms with Gasteiger partial charge < -0.3 is 9.47 Å². The van der Waals surface area contributed by atoms with Gasteiger partial charge in [0.2, 0.25) is 0 Å². The molecule has 1 fully saturated rings. The molecule has 1 saturated heterocycles. The number of hydrogen-bond acceptors (Lipinski definition) is 5. The van der Waals surface area contributed by atoms with Gasteiger partial charge in [-0.25, -0.2) is 4.39 Å². The Bertz CT molecular complexity index is 880. The van der Waals surface area contributed by atoms with Crippen molar-refractivity contribution in [2.75, 3.05) is 14.2 Å². The van der Waals surface area contributed by atoms with E-state index in [1.54, 1.807) is 43.5 Å². The van der Waals surface area contributed by atoms with Crippen LogP contribution in [0.5, 0.6) is 11.5 Å². The van der Waals surface area contributed by atoms with Crippen LogP contribution in [0.15, 0.2) is 47.4 Å². The highest BCUT2D eigenvalue weighted by Gasteiger charge is 2.35. The van der Waals surface area contributed by atoms with E-state index in [2.05, 4.69) is 0 Å². The molecule has 0 spiro atoms. The number of benzene rings is 2. The van der Waals surface area contributed by atoms with Crippen molar-refractivity contribution in [2.24, 2.45) is 0 Å². The second kappa shape index (κ2) is 7.61. The van der Waals surface area contributed by atoms with E-state index >= 15 is 0 Å². The first-order valence-corrected chi connectivity index (χ1v) is 8.55. The van der Waals surface area contributed by atoms with Gasteiger partial charge in [0.1, 0.15) is 17.3 Å². The smallest absolute Gasteiger partial charge is 0.293 e. The number of nitrogens with zero attached hydrogens (tertiary/aromatic N) is 1. The monoisotopic (exact) mass is 373 g/mol. The van der Waals surface area contributed by atoms with Crippen LogP contribution in [0.3, 0.4) is 0 Å². The van der Waals surface area contributed by atoms with Gasteiger partial charge in [0, 0.05) is 11.6 Å². The number of methoxy groups -OCH3 is 2. The Hall–Kier alpha value is -2.80. The molecule has 5 nitrogen and oxygen atoms in total. The Morgan fingerprint density at radius 2 is 1.81 bits per heavy atom. The van der Waals surface area contributed by atoms with Gasteiger partial charge in [-0.3, -0.25) is 14.5 Å². The van der Waals surface area contributed by atoms with Gasteiger partial charge in [-0.15, -0.1) is 0 Å². The van der Waals surface area contributed by atoms with Crippen molar-refractivity contribution in [1.29, 1.82) is 0 Å². The van der Waals surface area contributed by atoms with E-state index in [-0.39, 0.29) is 23.5 Å². The molecule has 0 N–H and O–H groups in total. The topological polar surface area (TPSA) is 55.8 Å². The van der Waals surface area contributed by atoms with Gasteiger partial charge in [0.05, 0.1) is 25.7 Å². The standard InChI is InChI=1S/C19H16FNO4S/c1-24-15-8-5-13(16(10-15)25-2)9-17-18(22)21(19(23)26-17)11-12-3-6-14(20)7-4-12/h3-10H,11H2,1-2H3/b17-9-. The van der Waals surface area contributed by atoms with Crippen LogP contribution < -0.4 is 9.47 Å². The molecule has 1 aliphatic heterocycles. The highest BCUT2D eigenvalue weighted by molar-refractivity contribution is 8.18. The average molecular weight is 373 g/mol. The molecule has 0 bridgehead atoms. The number of rotatable bonds is 5. The number of carbonyl (C=O) groups excluding carboxylic acids is 2. The molecule has 0 aromatic heterocycles. The van der Waals surface area contributed by atoms with Crippen LogP contribution in [0.25, 0.3) is 6.08 Å². The zero-order valence-corrected chi connectivity index (χ0v) is 15.0. The van der Waals surface area contributed by atoms with Crippen LogP contribution in [0.4, 0.5) is 9.18 Å². The molecule has 0 unspecified atom stereocenters. The van der Waals surface area contributed by atoms with Crippen LogP contribution >= 0.6 is 11.8 Å². The summed E-state index contributed by atoms with van der Waals surface area (Å²) in [5, 5.41) is -0.363. The minimum atomic E-state index is -0.387. The third kappa shape index (κ3) is 3.72. The zero-order chi connectivity index (χ0) is 18.7. The fourth-order valence-corrected chi connectivity index (χ4v) is 3.32. The van der Waals surface area contributed by atoms with Crippen molar-refractivity contribution in [2.45, 2.75) is 6.54 Å². The van der Waals surface area contributed by atoms with E-state index in [0.29, 0.717) is 27.5 Å². The number of imide groups is 1. The molecule has 2 aromatic rings. The summed E-state index contributed by atoms with van der Waals surface area (Å²) in [6.45, 7) is 0.0992. The van der Waals surface area contributed by atoms with Crippen LogP contribution in [0.2, 0.25) is 0 Å². The summed E-state index contributed by atoms with van der Waals surface area (Å²) in [6, 6.07) is 10.9. The molecule has 7 heteroatoms. The molecule has 1 heterocycles. The number of ether oxygens (including phenoxy) is 2. The largest absolute Gasteiger partial charge is 0.497 e. The molecule has 26 heavy (non-hydrogen) atoms. The summed E-state index contributed by atoms with van der Waals surface area (Å²) in [5.74, 6) is 0.412. The molecule has 0 atom stereocenters. The van der Waals surface area contributed by atoms with Gasteiger partial charge in [0.25, 0.3) is 11.1 Å². The summed E-state index contributed by atoms with van der Waals surface area (Å²) in [5.41, 5.74) is 1.34. The summed E-state index contributed by atoms with van der Waals surface area (Å²) in [4.78, 5) is 26.2. The Kier molecular flexibility index (Phi) is 5.27. The van der Waals surface area contributed by atoms with E-state index in [4.69, 9.17) is 9.47 Å². The van der Waals surface area contributed by atoms with Crippen LogP contribution in [0.1, 0.15) is 11.1 Å². The van der Waals surface area contributed by atoms with E-state index in [9.17, 15) is 14.0 Å². The highest BCUT2D eigenvalue weighted by atomic mass is 32.2. The van der Waals surface area contributed by atoms with E-state index in [1.807, 2.05) is 0 Å². The van der Waals surface area contributed by atoms with Gasteiger partial charge in [-0.1, -0.05) is 12.1 Å².